The maximum atomic E-state index is 12.0. The van der Waals surface area contributed by atoms with Gasteiger partial charge in [0.15, 0.2) is 6.61 Å². The Bertz CT molecular complexity index is 614. The smallest absolute Gasteiger partial charge is 0.338 e. The van der Waals surface area contributed by atoms with Crippen LogP contribution in [0.4, 0.5) is 5.69 Å². The zero-order valence-corrected chi connectivity index (χ0v) is 14.6. The van der Waals surface area contributed by atoms with E-state index in [9.17, 15) is 14.4 Å². The summed E-state index contributed by atoms with van der Waals surface area (Å²) in [6.45, 7) is 2.53. The van der Waals surface area contributed by atoms with Crippen LogP contribution < -0.4 is 10.2 Å². The van der Waals surface area contributed by atoms with E-state index in [0.717, 1.165) is 18.5 Å². The van der Waals surface area contributed by atoms with Crippen molar-refractivity contribution in [2.75, 3.05) is 31.8 Å². The van der Waals surface area contributed by atoms with Crippen molar-refractivity contribution in [1.82, 2.24) is 5.32 Å². The molecular formula is C18H24N2O5. The fourth-order valence-electron chi connectivity index (χ4n) is 2.68. The van der Waals surface area contributed by atoms with E-state index >= 15 is 0 Å². The summed E-state index contributed by atoms with van der Waals surface area (Å²) < 4.78 is 9.92. The van der Waals surface area contributed by atoms with E-state index < -0.39 is 5.97 Å². The van der Waals surface area contributed by atoms with E-state index in [4.69, 9.17) is 9.47 Å². The Morgan fingerprint density at radius 3 is 2.60 bits per heavy atom. The fourth-order valence-corrected chi connectivity index (χ4v) is 2.68. The molecule has 7 nitrogen and oxygen atoms in total. The van der Waals surface area contributed by atoms with Crippen LogP contribution in [0.15, 0.2) is 24.3 Å². The quantitative estimate of drug-likeness (QED) is 0.755. The highest BCUT2D eigenvalue weighted by Gasteiger charge is 2.20. The Balaban J connectivity index is 1.85. The summed E-state index contributed by atoms with van der Waals surface area (Å²) in [4.78, 5) is 37.3. The number of carbonyl (C=O) groups is 3. The van der Waals surface area contributed by atoms with E-state index in [1.165, 1.54) is 0 Å². The molecule has 2 amide bonds. The van der Waals surface area contributed by atoms with Gasteiger partial charge in [-0.1, -0.05) is 0 Å². The van der Waals surface area contributed by atoms with E-state index in [0.29, 0.717) is 25.1 Å². The summed E-state index contributed by atoms with van der Waals surface area (Å²) in [5.74, 6) is -0.858. The van der Waals surface area contributed by atoms with Crippen molar-refractivity contribution >= 4 is 23.5 Å². The molecule has 0 radical (unpaired) electrons. The van der Waals surface area contributed by atoms with Gasteiger partial charge in [-0.3, -0.25) is 9.59 Å². The van der Waals surface area contributed by atoms with E-state index in [2.05, 4.69) is 5.32 Å². The summed E-state index contributed by atoms with van der Waals surface area (Å²) >= 11 is 0. The summed E-state index contributed by atoms with van der Waals surface area (Å²) in [6.07, 6.45) is 2.46. The number of nitrogens with one attached hydrogen (secondary N) is 1. The second-order valence-electron chi connectivity index (χ2n) is 6.05. The Kier molecular flexibility index (Phi) is 6.94. The van der Waals surface area contributed by atoms with Crippen LogP contribution in [0.1, 0.15) is 36.5 Å². The monoisotopic (exact) mass is 348 g/mol. The molecule has 1 aromatic carbocycles. The fraction of sp³-hybridized carbons (Fsp3) is 0.500. The molecule has 1 aromatic rings. The minimum absolute atomic E-state index is 0.100. The number of anilines is 1. The van der Waals surface area contributed by atoms with Crippen molar-refractivity contribution in [2.24, 2.45) is 0 Å². The summed E-state index contributed by atoms with van der Waals surface area (Å²) in [5.41, 5.74) is 1.11. The van der Waals surface area contributed by atoms with Crippen LogP contribution in [0.3, 0.4) is 0 Å². The molecule has 0 aromatic heterocycles. The third-order valence-electron chi connectivity index (χ3n) is 3.90. The lowest BCUT2D eigenvalue weighted by atomic mass is 10.1. The number of piperidine rings is 1. The van der Waals surface area contributed by atoms with Gasteiger partial charge >= 0.3 is 5.97 Å². The lowest BCUT2D eigenvalue weighted by molar-refractivity contribution is -0.125. The molecular weight excluding hydrogens is 324 g/mol. The molecule has 1 N–H and O–H groups in total. The number of hydrogen-bond donors (Lipinski definition) is 1. The topological polar surface area (TPSA) is 84.9 Å². The first-order chi connectivity index (χ1) is 12.0. The first-order valence-corrected chi connectivity index (χ1v) is 8.37. The molecule has 1 saturated heterocycles. The number of rotatable bonds is 7. The number of ether oxygens (including phenoxy) is 2. The van der Waals surface area contributed by atoms with Crippen LogP contribution in [-0.2, 0) is 19.1 Å². The average Bonchev–Trinajstić information content (AvgIpc) is 2.60. The molecule has 1 fully saturated rings. The van der Waals surface area contributed by atoms with Crippen molar-refractivity contribution in [3.05, 3.63) is 29.8 Å². The highest BCUT2D eigenvalue weighted by molar-refractivity contribution is 5.95. The van der Waals surface area contributed by atoms with Crippen molar-refractivity contribution < 1.29 is 23.9 Å². The minimum atomic E-state index is -0.578. The van der Waals surface area contributed by atoms with Gasteiger partial charge in [0.05, 0.1) is 12.2 Å². The van der Waals surface area contributed by atoms with Crippen LogP contribution >= 0.6 is 0 Å². The standard InChI is InChI=1S/C18H24N2O5/c1-13(11-24-2)19-16(21)12-25-18(23)14-6-8-15(9-7-14)20-10-4-3-5-17(20)22/h6-9,13H,3-5,10-12H2,1-2H3,(H,19,21). The Labute approximate surface area is 147 Å². The maximum Gasteiger partial charge on any atom is 0.338 e. The zero-order valence-electron chi connectivity index (χ0n) is 14.6. The Morgan fingerprint density at radius 1 is 1.24 bits per heavy atom. The van der Waals surface area contributed by atoms with E-state index in [1.54, 1.807) is 43.2 Å². The van der Waals surface area contributed by atoms with Gasteiger partial charge in [0, 0.05) is 31.8 Å². The molecule has 25 heavy (non-hydrogen) atoms. The molecule has 7 heteroatoms. The first-order valence-electron chi connectivity index (χ1n) is 8.37. The molecule has 1 aliphatic heterocycles. The van der Waals surface area contributed by atoms with Gasteiger partial charge in [0.2, 0.25) is 5.91 Å². The lowest BCUT2D eigenvalue weighted by Gasteiger charge is -2.26. The van der Waals surface area contributed by atoms with Crippen molar-refractivity contribution in [1.29, 1.82) is 0 Å². The van der Waals surface area contributed by atoms with Crippen LogP contribution in [0.2, 0.25) is 0 Å². The normalized spacial score (nSPS) is 15.6. The highest BCUT2D eigenvalue weighted by Crippen LogP contribution is 2.21. The summed E-state index contributed by atoms with van der Waals surface area (Å²) in [7, 11) is 1.55. The number of hydrogen-bond acceptors (Lipinski definition) is 5. The molecule has 1 unspecified atom stereocenters. The minimum Gasteiger partial charge on any atom is -0.452 e. The number of amides is 2. The predicted octanol–water partition coefficient (Wildman–Crippen LogP) is 1.51. The predicted molar refractivity (Wildman–Crippen MR) is 92.4 cm³/mol. The van der Waals surface area contributed by atoms with E-state index in [1.807, 2.05) is 0 Å². The van der Waals surface area contributed by atoms with Gasteiger partial charge in [0.25, 0.3) is 5.91 Å². The molecule has 136 valence electrons. The van der Waals surface area contributed by atoms with Crippen LogP contribution in [0, 0.1) is 0 Å². The molecule has 0 saturated carbocycles. The van der Waals surface area contributed by atoms with Gasteiger partial charge in [-0.05, 0) is 44.0 Å². The van der Waals surface area contributed by atoms with Gasteiger partial charge in [0.1, 0.15) is 0 Å². The van der Waals surface area contributed by atoms with Crippen molar-refractivity contribution in [2.45, 2.75) is 32.2 Å². The third kappa shape index (κ3) is 5.56. The molecule has 1 atom stereocenters. The van der Waals surface area contributed by atoms with Gasteiger partial charge in [-0.2, -0.15) is 0 Å². The van der Waals surface area contributed by atoms with Gasteiger partial charge < -0.3 is 19.7 Å². The zero-order chi connectivity index (χ0) is 18.2. The highest BCUT2D eigenvalue weighted by atomic mass is 16.5. The summed E-state index contributed by atoms with van der Waals surface area (Å²) in [6, 6.07) is 6.49. The lowest BCUT2D eigenvalue weighted by Crippen LogP contribution is -2.38. The van der Waals surface area contributed by atoms with Crippen molar-refractivity contribution in [3.8, 4) is 0 Å². The second-order valence-corrected chi connectivity index (χ2v) is 6.05. The number of esters is 1. The van der Waals surface area contributed by atoms with Crippen LogP contribution in [0.5, 0.6) is 0 Å². The van der Waals surface area contributed by atoms with Gasteiger partial charge in [-0.25, -0.2) is 4.79 Å². The average molecular weight is 348 g/mol. The second kappa shape index (κ2) is 9.17. The number of nitrogens with zero attached hydrogens (tertiary/aromatic N) is 1. The Hall–Kier alpha value is -2.41. The summed E-state index contributed by atoms with van der Waals surface area (Å²) in [5, 5.41) is 2.66. The van der Waals surface area contributed by atoms with Crippen molar-refractivity contribution in [3.63, 3.8) is 0 Å². The molecule has 1 aliphatic rings. The number of carbonyl (C=O) groups excluding carboxylic acids is 3. The Morgan fingerprint density at radius 2 is 1.96 bits per heavy atom. The number of methoxy groups -OCH3 is 1. The molecule has 2 rings (SSSR count). The molecule has 0 bridgehead atoms. The largest absolute Gasteiger partial charge is 0.452 e. The third-order valence-corrected chi connectivity index (χ3v) is 3.90. The molecule has 0 aliphatic carbocycles. The van der Waals surface area contributed by atoms with Gasteiger partial charge in [-0.15, -0.1) is 0 Å². The van der Waals surface area contributed by atoms with Crippen LogP contribution in [-0.4, -0.2) is 50.7 Å². The van der Waals surface area contributed by atoms with Crippen LogP contribution in [0.25, 0.3) is 0 Å². The maximum absolute atomic E-state index is 12.0. The first kappa shape index (κ1) is 18.9. The SMILES string of the molecule is COCC(C)NC(=O)COC(=O)c1ccc(N2CCCCC2=O)cc1. The molecule has 0 spiro atoms. The number of benzene rings is 1. The van der Waals surface area contributed by atoms with E-state index in [-0.39, 0.29) is 24.5 Å². The molecule has 1 heterocycles.